The molecule has 0 saturated carbocycles. The summed E-state index contributed by atoms with van der Waals surface area (Å²) in [5.74, 6) is 0.0466. The van der Waals surface area contributed by atoms with E-state index in [1.54, 1.807) is 6.07 Å². The van der Waals surface area contributed by atoms with Gasteiger partial charge in [-0.1, -0.05) is 34.1 Å². The van der Waals surface area contributed by atoms with Gasteiger partial charge in [0.25, 0.3) is 0 Å². The number of halogens is 1. The Labute approximate surface area is 127 Å². The molecule has 0 aliphatic carbocycles. The van der Waals surface area contributed by atoms with E-state index in [0.717, 1.165) is 4.47 Å². The molecule has 2 rings (SSSR count). The highest BCUT2D eigenvalue weighted by Crippen LogP contribution is 2.17. The van der Waals surface area contributed by atoms with Crippen molar-refractivity contribution in [2.24, 2.45) is 0 Å². The molecule has 1 saturated heterocycles. The van der Waals surface area contributed by atoms with Crippen LogP contribution in [0.25, 0.3) is 0 Å². The Kier molecular flexibility index (Phi) is 4.95. The van der Waals surface area contributed by atoms with E-state index < -0.39 is 10.0 Å². The molecule has 0 aromatic heterocycles. The summed E-state index contributed by atoms with van der Waals surface area (Å²) in [6, 6.07) is 7.33. The lowest BCUT2D eigenvalue weighted by Crippen LogP contribution is -2.49. The molecule has 0 amide bonds. The van der Waals surface area contributed by atoms with Gasteiger partial charge in [-0.05, 0) is 6.07 Å². The van der Waals surface area contributed by atoms with Crippen LogP contribution in [0, 0.1) is 0 Å². The van der Waals surface area contributed by atoms with E-state index in [2.05, 4.69) is 15.9 Å². The molecular formula is C13H17BrN2O3S. The molecule has 1 heterocycles. The number of carbonyl (C=O) groups excluding carboxylic acids is 1. The van der Waals surface area contributed by atoms with Gasteiger partial charge in [0.2, 0.25) is 10.0 Å². The van der Waals surface area contributed by atoms with Crippen molar-refractivity contribution in [2.75, 3.05) is 39.0 Å². The van der Waals surface area contributed by atoms with Crippen molar-refractivity contribution in [3.05, 3.63) is 34.3 Å². The summed E-state index contributed by atoms with van der Waals surface area (Å²) in [5.41, 5.74) is 0.665. The normalized spacial score (nSPS) is 18.1. The van der Waals surface area contributed by atoms with Crippen LogP contribution in [0.5, 0.6) is 0 Å². The van der Waals surface area contributed by atoms with E-state index in [4.69, 9.17) is 0 Å². The van der Waals surface area contributed by atoms with E-state index in [9.17, 15) is 13.2 Å². The Bertz CT molecular complexity index is 595. The Balaban J connectivity index is 1.93. The van der Waals surface area contributed by atoms with Crippen LogP contribution in [0.1, 0.15) is 10.4 Å². The summed E-state index contributed by atoms with van der Waals surface area (Å²) in [6.45, 7) is 2.39. The Morgan fingerprint density at radius 2 is 1.80 bits per heavy atom. The lowest BCUT2D eigenvalue weighted by atomic mass is 10.1. The largest absolute Gasteiger partial charge is 0.293 e. The second-order valence-corrected chi connectivity index (χ2v) is 7.68. The van der Waals surface area contributed by atoms with Crippen molar-refractivity contribution in [1.29, 1.82) is 0 Å². The summed E-state index contributed by atoms with van der Waals surface area (Å²) >= 11 is 3.37. The highest BCUT2D eigenvalue weighted by atomic mass is 79.9. The molecule has 5 nitrogen and oxygen atoms in total. The molecule has 1 aliphatic rings. The third-order valence-electron chi connectivity index (χ3n) is 3.34. The first-order valence-electron chi connectivity index (χ1n) is 6.33. The molecule has 1 aromatic rings. The summed E-state index contributed by atoms with van der Waals surface area (Å²) in [7, 11) is -3.12. The second-order valence-electron chi connectivity index (χ2n) is 4.84. The van der Waals surface area contributed by atoms with Crippen LogP contribution < -0.4 is 0 Å². The number of carbonyl (C=O) groups is 1. The molecule has 1 fully saturated rings. The van der Waals surface area contributed by atoms with Crippen LogP contribution in [0.2, 0.25) is 0 Å². The zero-order chi connectivity index (χ0) is 14.8. The minimum Gasteiger partial charge on any atom is -0.293 e. The summed E-state index contributed by atoms with van der Waals surface area (Å²) in [6.07, 6.45) is 1.22. The smallest absolute Gasteiger partial charge is 0.211 e. The number of hydrogen-bond acceptors (Lipinski definition) is 4. The van der Waals surface area contributed by atoms with Gasteiger partial charge in [0.05, 0.1) is 12.8 Å². The maximum absolute atomic E-state index is 12.2. The number of hydrogen-bond donors (Lipinski definition) is 0. The van der Waals surface area contributed by atoms with Crippen LogP contribution >= 0.6 is 15.9 Å². The number of ketones is 1. The van der Waals surface area contributed by atoms with Crippen LogP contribution in [0.4, 0.5) is 0 Å². The third kappa shape index (κ3) is 3.88. The molecule has 1 aromatic carbocycles. The predicted octanol–water partition coefficient (Wildman–Crippen LogP) is 1.21. The van der Waals surface area contributed by atoms with E-state index in [-0.39, 0.29) is 5.78 Å². The maximum Gasteiger partial charge on any atom is 0.211 e. The molecule has 0 spiro atoms. The van der Waals surface area contributed by atoms with Gasteiger partial charge < -0.3 is 0 Å². The Morgan fingerprint density at radius 1 is 1.20 bits per heavy atom. The van der Waals surface area contributed by atoms with Gasteiger partial charge in [0.15, 0.2) is 5.78 Å². The average Bonchev–Trinajstić information content (AvgIpc) is 2.38. The van der Waals surface area contributed by atoms with Crippen molar-refractivity contribution < 1.29 is 13.2 Å². The number of rotatable bonds is 4. The van der Waals surface area contributed by atoms with Gasteiger partial charge in [-0.3, -0.25) is 9.69 Å². The summed E-state index contributed by atoms with van der Waals surface area (Å²) in [4.78, 5) is 14.2. The van der Waals surface area contributed by atoms with Crippen molar-refractivity contribution in [1.82, 2.24) is 9.21 Å². The molecule has 0 bridgehead atoms. The van der Waals surface area contributed by atoms with Crippen molar-refractivity contribution in [3.8, 4) is 0 Å². The highest BCUT2D eigenvalue weighted by Gasteiger charge is 2.24. The van der Waals surface area contributed by atoms with E-state index >= 15 is 0 Å². The summed E-state index contributed by atoms with van der Waals surface area (Å²) < 4.78 is 25.1. The number of sulfonamides is 1. The quantitative estimate of drug-likeness (QED) is 0.757. The molecule has 0 radical (unpaired) electrons. The number of nitrogens with zero attached hydrogens (tertiary/aromatic N) is 2. The molecule has 7 heteroatoms. The fraction of sp³-hybridized carbons (Fsp3) is 0.462. The van der Waals surface area contributed by atoms with Gasteiger partial charge in [-0.25, -0.2) is 8.42 Å². The van der Waals surface area contributed by atoms with Gasteiger partial charge in [-0.2, -0.15) is 4.31 Å². The molecular weight excluding hydrogens is 344 g/mol. The van der Waals surface area contributed by atoms with Crippen molar-refractivity contribution in [3.63, 3.8) is 0 Å². The van der Waals surface area contributed by atoms with Gasteiger partial charge >= 0.3 is 0 Å². The fourth-order valence-electron chi connectivity index (χ4n) is 2.19. The SMILES string of the molecule is CS(=O)(=O)N1CCN(CC(=O)c2ccccc2Br)CC1. The van der Waals surface area contributed by atoms with Crippen LogP contribution in [-0.4, -0.2) is 62.4 Å². The molecule has 20 heavy (non-hydrogen) atoms. The average molecular weight is 361 g/mol. The first kappa shape index (κ1) is 15.6. The minimum absolute atomic E-state index is 0.0466. The monoisotopic (exact) mass is 360 g/mol. The minimum atomic E-state index is -3.12. The van der Waals surface area contributed by atoms with Gasteiger partial charge in [0, 0.05) is 36.2 Å². The Hall–Kier alpha value is -0.760. The molecule has 0 N–H and O–H groups in total. The third-order valence-corrected chi connectivity index (χ3v) is 5.34. The van der Waals surface area contributed by atoms with E-state index in [0.29, 0.717) is 38.3 Å². The van der Waals surface area contributed by atoms with Crippen LogP contribution in [0.15, 0.2) is 28.7 Å². The first-order chi connectivity index (χ1) is 9.38. The van der Waals surface area contributed by atoms with Crippen LogP contribution in [-0.2, 0) is 10.0 Å². The topological polar surface area (TPSA) is 57.7 Å². The zero-order valence-corrected chi connectivity index (χ0v) is 13.7. The molecule has 1 aliphatic heterocycles. The lowest BCUT2D eigenvalue weighted by Gasteiger charge is -2.32. The van der Waals surface area contributed by atoms with Crippen molar-refractivity contribution >= 4 is 31.7 Å². The number of Topliss-reactive ketones (excluding diaryl/α,β-unsaturated/α-hetero) is 1. The second kappa shape index (κ2) is 6.34. The van der Waals surface area contributed by atoms with Gasteiger partial charge in [-0.15, -0.1) is 0 Å². The zero-order valence-electron chi connectivity index (χ0n) is 11.3. The lowest BCUT2D eigenvalue weighted by molar-refractivity contribution is 0.0901. The van der Waals surface area contributed by atoms with Crippen LogP contribution in [0.3, 0.4) is 0 Å². The number of piperazine rings is 1. The highest BCUT2D eigenvalue weighted by molar-refractivity contribution is 9.10. The van der Waals surface area contributed by atoms with E-state index in [1.807, 2.05) is 23.1 Å². The van der Waals surface area contributed by atoms with Crippen molar-refractivity contribution in [2.45, 2.75) is 0 Å². The standard InChI is InChI=1S/C13H17BrN2O3S/c1-20(18,19)16-8-6-15(7-9-16)10-13(17)11-4-2-3-5-12(11)14/h2-5H,6-10H2,1H3. The predicted molar refractivity (Wildman–Crippen MR) is 81.3 cm³/mol. The molecule has 0 atom stereocenters. The summed E-state index contributed by atoms with van der Waals surface area (Å²) in [5, 5.41) is 0. The first-order valence-corrected chi connectivity index (χ1v) is 8.97. The van der Waals surface area contributed by atoms with E-state index in [1.165, 1.54) is 10.6 Å². The fourth-order valence-corrected chi connectivity index (χ4v) is 3.53. The Morgan fingerprint density at radius 3 is 2.35 bits per heavy atom. The maximum atomic E-state index is 12.2. The number of benzene rings is 1. The molecule has 0 unspecified atom stereocenters. The van der Waals surface area contributed by atoms with Gasteiger partial charge in [0.1, 0.15) is 0 Å². The molecule has 110 valence electrons.